The van der Waals surface area contributed by atoms with Gasteiger partial charge in [0, 0.05) is 11.7 Å². The molecule has 1 atom stereocenters. The predicted octanol–water partition coefficient (Wildman–Crippen LogP) is 2.51. The number of fused-ring (bicyclic) bond motifs is 1. The average Bonchev–Trinajstić information content (AvgIpc) is 2.93. The number of anilines is 1. The third kappa shape index (κ3) is 2.69. The first kappa shape index (κ1) is 13.9. The van der Waals surface area contributed by atoms with Crippen molar-refractivity contribution in [3.8, 4) is 0 Å². The van der Waals surface area contributed by atoms with Crippen LogP contribution in [0.5, 0.6) is 0 Å². The van der Waals surface area contributed by atoms with Crippen LogP contribution >= 0.6 is 0 Å². The molecule has 110 valence electrons. The van der Waals surface area contributed by atoms with E-state index >= 15 is 0 Å². The fraction of sp³-hybridized carbons (Fsp3) is 0.600. The number of nitrogens with one attached hydrogen (secondary N) is 1. The van der Waals surface area contributed by atoms with E-state index in [1.54, 1.807) is 0 Å². The molecule has 0 aromatic heterocycles. The number of nitrogen functional groups attached to an aromatic ring is 1. The molecule has 0 radical (unpaired) electrons. The van der Waals surface area contributed by atoms with Gasteiger partial charge in [0.1, 0.15) is 0 Å². The maximum Gasteiger partial charge on any atom is 0.215 e. The Morgan fingerprint density at radius 2 is 1.85 bits per heavy atom. The lowest BCUT2D eigenvalue weighted by Crippen LogP contribution is -2.37. The van der Waals surface area contributed by atoms with E-state index < -0.39 is 10.0 Å². The van der Waals surface area contributed by atoms with Gasteiger partial charge in [-0.2, -0.15) is 0 Å². The highest BCUT2D eigenvalue weighted by atomic mass is 32.2. The van der Waals surface area contributed by atoms with Gasteiger partial charge in [-0.05, 0) is 55.4 Å². The minimum absolute atomic E-state index is 0.0788. The first-order valence-electron chi connectivity index (χ1n) is 7.46. The third-order valence-electron chi connectivity index (χ3n) is 4.53. The highest BCUT2D eigenvalue weighted by molar-refractivity contribution is 7.90. The number of aryl methyl sites for hydroxylation is 1. The van der Waals surface area contributed by atoms with Crippen LogP contribution in [-0.4, -0.2) is 13.7 Å². The van der Waals surface area contributed by atoms with Crippen LogP contribution in [0.4, 0.5) is 5.69 Å². The molecule has 2 aliphatic carbocycles. The van der Waals surface area contributed by atoms with Crippen LogP contribution in [0.2, 0.25) is 0 Å². The molecule has 1 aromatic carbocycles. The summed E-state index contributed by atoms with van der Waals surface area (Å²) in [6, 6.07) is 5.74. The average molecular weight is 294 g/mol. The fourth-order valence-electron chi connectivity index (χ4n) is 3.45. The SMILES string of the molecule is Nc1ccc2c(c1)CCCC2NS(=O)(=O)C1CCCC1. The molecule has 0 spiro atoms. The quantitative estimate of drug-likeness (QED) is 0.841. The van der Waals surface area contributed by atoms with E-state index in [1.165, 1.54) is 5.56 Å². The van der Waals surface area contributed by atoms with Gasteiger partial charge >= 0.3 is 0 Å². The number of nitrogens with two attached hydrogens (primary N) is 1. The van der Waals surface area contributed by atoms with Crippen molar-refractivity contribution in [1.29, 1.82) is 0 Å². The normalized spacial score (nSPS) is 23.7. The van der Waals surface area contributed by atoms with E-state index in [1.807, 2.05) is 18.2 Å². The number of benzene rings is 1. The molecule has 0 aliphatic heterocycles. The zero-order chi connectivity index (χ0) is 14.2. The standard InChI is InChI=1S/C15H22N2O2S/c16-12-8-9-14-11(10-12)4-3-7-15(14)17-20(18,19)13-5-1-2-6-13/h8-10,13,15,17H,1-7,16H2. The van der Waals surface area contributed by atoms with E-state index in [9.17, 15) is 8.42 Å². The Morgan fingerprint density at radius 1 is 1.10 bits per heavy atom. The Labute approximate surface area is 120 Å². The van der Waals surface area contributed by atoms with Crippen LogP contribution in [0.1, 0.15) is 55.7 Å². The summed E-state index contributed by atoms with van der Waals surface area (Å²) in [6.45, 7) is 0. The highest BCUT2D eigenvalue weighted by Gasteiger charge is 2.32. The lowest BCUT2D eigenvalue weighted by molar-refractivity contribution is 0.499. The van der Waals surface area contributed by atoms with Crippen LogP contribution in [0.3, 0.4) is 0 Å². The molecule has 3 N–H and O–H groups in total. The molecular weight excluding hydrogens is 272 g/mol. The third-order valence-corrected chi connectivity index (χ3v) is 6.49. The van der Waals surface area contributed by atoms with Gasteiger partial charge in [0.05, 0.1) is 5.25 Å². The van der Waals surface area contributed by atoms with E-state index in [-0.39, 0.29) is 11.3 Å². The van der Waals surface area contributed by atoms with Crippen molar-refractivity contribution < 1.29 is 8.42 Å². The molecule has 5 heteroatoms. The van der Waals surface area contributed by atoms with Crippen molar-refractivity contribution >= 4 is 15.7 Å². The lowest BCUT2D eigenvalue weighted by atomic mass is 9.88. The maximum absolute atomic E-state index is 12.4. The fourth-order valence-corrected chi connectivity index (χ4v) is 5.24. The smallest absolute Gasteiger partial charge is 0.215 e. The first-order valence-corrected chi connectivity index (χ1v) is 9.00. The van der Waals surface area contributed by atoms with E-state index in [4.69, 9.17) is 5.73 Å². The van der Waals surface area contributed by atoms with Crippen molar-refractivity contribution in [2.75, 3.05) is 5.73 Å². The van der Waals surface area contributed by atoms with Crippen LogP contribution in [-0.2, 0) is 16.4 Å². The molecule has 1 unspecified atom stereocenters. The summed E-state index contributed by atoms with van der Waals surface area (Å²) in [5, 5.41) is -0.193. The van der Waals surface area contributed by atoms with E-state index in [2.05, 4.69) is 4.72 Å². The second-order valence-corrected chi connectivity index (χ2v) is 7.96. The molecule has 0 saturated heterocycles. The van der Waals surface area contributed by atoms with Crippen molar-refractivity contribution in [3.63, 3.8) is 0 Å². The molecular formula is C15H22N2O2S. The van der Waals surface area contributed by atoms with E-state index in [0.717, 1.165) is 56.2 Å². The lowest BCUT2D eigenvalue weighted by Gasteiger charge is -2.27. The molecule has 1 aromatic rings. The summed E-state index contributed by atoms with van der Waals surface area (Å²) in [6.07, 6.45) is 6.54. The Hall–Kier alpha value is -1.07. The topological polar surface area (TPSA) is 72.2 Å². The van der Waals surface area contributed by atoms with Crippen molar-refractivity contribution in [3.05, 3.63) is 29.3 Å². The zero-order valence-electron chi connectivity index (χ0n) is 11.6. The molecule has 4 nitrogen and oxygen atoms in total. The Balaban J connectivity index is 1.82. The zero-order valence-corrected chi connectivity index (χ0v) is 12.5. The molecule has 2 aliphatic rings. The van der Waals surface area contributed by atoms with Crippen molar-refractivity contribution in [2.45, 2.75) is 56.2 Å². The largest absolute Gasteiger partial charge is 0.399 e. The van der Waals surface area contributed by atoms with Gasteiger partial charge in [0.25, 0.3) is 0 Å². The van der Waals surface area contributed by atoms with Crippen molar-refractivity contribution in [1.82, 2.24) is 4.72 Å². The van der Waals surface area contributed by atoms with Crippen LogP contribution in [0.25, 0.3) is 0 Å². The first-order chi connectivity index (χ1) is 9.56. The van der Waals surface area contributed by atoms with Gasteiger partial charge in [-0.15, -0.1) is 0 Å². The Morgan fingerprint density at radius 3 is 2.60 bits per heavy atom. The molecule has 0 amide bonds. The second kappa shape index (κ2) is 5.37. The van der Waals surface area contributed by atoms with Gasteiger partial charge in [-0.25, -0.2) is 13.1 Å². The van der Waals surface area contributed by atoms with E-state index in [0.29, 0.717) is 0 Å². The summed E-state index contributed by atoms with van der Waals surface area (Å²) < 4.78 is 27.8. The van der Waals surface area contributed by atoms with Gasteiger partial charge in [-0.1, -0.05) is 18.9 Å². The highest BCUT2D eigenvalue weighted by Crippen LogP contribution is 2.33. The number of rotatable bonds is 3. The predicted molar refractivity (Wildman–Crippen MR) is 80.8 cm³/mol. The summed E-state index contributed by atoms with van der Waals surface area (Å²) in [5.41, 5.74) is 8.86. The monoisotopic (exact) mass is 294 g/mol. The summed E-state index contributed by atoms with van der Waals surface area (Å²) in [7, 11) is -3.19. The van der Waals surface area contributed by atoms with Gasteiger partial charge in [-0.3, -0.25) is 0 Å². The van der Waals surface area contributed by atoms with Crippen LogP contribution in [0.15, 0.2) is 18.2 Å². The second-order valence-electron chi connectivity index (χ2n) is 5.97. The minimum Gasteiger partial charge on any atom is -0.399 e. The van der Waals surface area contributed by atoms with Crippen LogP contribution < -0.4 is 10.5 Å². The summed E-state index contributed by atoms with van der Waals surface area (Å²) >= 11 is 0. The molecule has 0 bridgehead atoms. The number of hydrogen-bond acceptors (Lipinski definition) is 3. The van der Waals surface area contributed by atoms with Crippen LogP contribution in [0, 0.1) is 0 Å². The van der Waals surface area contributed by atoms with Gasteiger partial charge in [0.2, 0.25) is 10.0 Å². The number of sulfonamides is 1. The summed E-state index contributed by atoms with van der Waals surface area (Å²) in [4.78, 5) is 0. The molecule has 0 heterocycles. The summed E-state index contributed by atoms with van der Waals surface area (Å²) in [5.74, 6) is 0. The van der Waals surface area contributed by atoms with Gasteiger partial charge < -0.3 is 5.73 Å². The maximum atomic E-state index is 12.4. The van der Waals surface area contributed by atoms with Crippen molar-refractivity contribution in [2.24, 2.45) is 0 Å². The minimum atomic E-state index is -3.19. The molecule has 3 rings (SSSR count). The molecule has 20 heavy (non-hydrogen) atoms. The Kier molecular flexibility index (Phi) is 3.73. The molecule has 1 fully saturated rings. The Bertz CT molecular complexity index is 592. The molecule has 1 saturated carbocycles. The number of hydrogen-bond donors (Lipinski definition) is 2. The van der Waals surface area contributed by atoms with Gasteiger partial charge in [0.15, 0.2) is 0 Å².